The molecule has 0 N–H and O–H groups in total. The second kappa shape index (κ2) is 5.42. The summed E-state index contributed by atoms with van der Waals surface area (Å²) in [7, 11) is -1.41. The fraction of sp³-hybridized carbons (Fsp3) is 0. The van der Waals surface area contributed by atoms with Gasteiger partial charge in [0.15, 0.2) is 0 Å². The van der Waals surface area contributed by atoms with Crippen LogP contribution in [0.5, 0.6) is 0 Å². The van der Waals surface area contributed by atoms with Gasteiger partial charge < -0.3 is 0 Å². The first-order chi connectivity index (χ1) is 9.11. The van der Waals surface area contributed by atoms with Crippen LogP contribution >= 0.6 is 0 Å². The van der Waals surface area contributed by atoms with Gasteiger partial charge in [0.25, 0.3) is 5.69 Å². The highest BCUT2D eigenvalue weighted by atomic mass is 32.2. The number of benzene rings is 2. The molecule has 0 saturated carbocycles. The predicted molar refractivity (Wildman–Crippen MR) is 68.9 cm³/mol. The average Bonchev–Trinajstić information content (AvgIpc) is 2.46. The molecule has 2 rings (SSSR count). The number of nitro groups is 1. The maximum atomic E-state index is 12.2. The van der Waals surface area contributed by atoms with E-state index in [1.807, 2.05) is 6.07 Å². The third-order valence-corrected chi connectivity index (χ3v) is 3.86. The molecule has 6 heteroatoms. The van der Waals surface area contributed by atoms with Gasteiger partial charge in [-0.25, -0.2) is 4.21 Å². The molecule has 0 aliphatic heterocycles. The first kappa shape index (κ1) is 12.9. The molecule has 0 aromatic heterocycles. The Kier molecular flexibility index (Phi) is 3.68. The van der Waals surface area contributed by atoms with Gasteiger partial charge in [-0.2, -0.15) is 5.26 Å². The summed E-state index contributed by atoms with van der Waals surface area (Å²) in [6, 6.07) is 13.9. The molecule has 0 saturated heterocycles. The van der Waals surface area contributed by atoms with Crippen molar-refractivity contribution in [3.63, 3.8) is 0 Å². The molecule has 0 aliphatic carbocycles. The Morgan fingerprint density at radius 1 is 1.00 bits per heavy atom. The van der Waals surface area contributed by atoms with E-state index in [1.165, 1.54) is 24.3 Å². The van der Waals surface area contributed by atoms with E-state index in [-0.39, 0.29) is 5.69 Å². The molecule has 0 aliphatic rings. The Hall–Kier alpha value is -2.52. The first-order valence-electron chi connectivity index (χ1n) is 5.28. The molecule has 2 aromatic carbocycles. The van der Waals surface area contributed by atoms with Crippen molar-refractivity contribution in [1.29, 1.82) is 5.26 Å². The fourth-order valence-corrected chi connectivity index (χ4v) is 2.52. The van der Waals surface area contributed by atoms with Crippen molar-refractivity contribution in [2.45, 2.75) is 9.79 Å². The van der Waals surface area contributed by atoms with Crippen LogP contribution in [0.1, 0.15) is 5.56 Å². The van der Waals surface area contributed by atoms with Gasteiger partial charge in [0, 0.05) is 21.9 Å². The third kappa shape index (κ3) is 2.84. The molecule has 19 heavy (non-hydrogen) atoms. The quantitative estimate of drug-likeness (QED) is 0.635. The summed E-state index contributed by atoms with van der Waals surface area (Å²) in [5.41, 5.74) is 0.449. The molecule has 0 radical (unpaired) electrons. The highest BCUT2D eigenvalue weighted by molar-refractivity contribution is 7.85. The molecule has 5 nitrogen and oxygen atoms in total. The lowest BCUT2D eigenvalue weighted by Gasteiger charge is -2.02. The minimum absolute atomic E-state index is 0.0411. The highest BCUT2D eigenvalue weighted by Crippen LogP contribution is 2.19. The number of hydrogen-bond acceptors (Lipinski definition) is 4. The van der Waals surface area contributed by atoms with Gasteiger partial charge in [-0.3, -0.25) is 10.1 Å². The maximum absolute atomic E-state index is 12.2. The van der Waals surface area contributed by atoms with E-state index < -0.39 is 15.7 Å². The number of nitriles is 1. The zero-order valence-electron chi connectivity index (χ0n) is 9.65. The van der Waals surface area contributed by atoms with Crippen molar-refractivity contribution in [2.75, 3.05) is 0 Å². The van der Waals surface area contributed by atoms with Crippen molar-refractivity contribution in [1.82, 2.24) is 0 Å². The molecule has 1 atom stereocenters. The van der Waals surface area contributed by atoms with E-state index in [0.717, 1.165) is 0 Å². The number of rotatable bonds is 3. The van der Waals surface area contributed by atoms with Crippen LogP contribution in [0, 0.1) is 21.4 Å². The Morgan fingerprint density at radius 3 is 1.89 bits per heavy atom. The Bertz CT molecular complexity index is 673. The van der Waals surface area contributed by atoms with E-state index in [1.54, 1.807) is 24.3 Å². The van der Waals surface area contributed by atoms with Crippen molar-refractivity contribution in [2.24, 2.45) is 0 Å². The van der Waals surface area contributed by atoms with Gasteiger partial charge in [0.1, 0.15) is 0 Å². The standard InChI is InChI=1S/C13H8N2O3S/c14-9-10-1-5-12(6-2-10)19(18)13-7-3-11(4-8-13)15(16)17/h1-8H/t19-/m1/s1. The summed E-state index contributed by atoms with van der Waals surface area (Å²) in [6.45, 7) is 0. The minimum atomic E-state index is -1.41. The Balaban J connectivity index is 2.28. The summed E-state index contributed by atoms with van der Waals surface area (Å²) in [5.74, 6) is 0. The van der Waals surface area contributed by atoms with Gasteiger partial charge in [-0.1, -0.05) is 0 Å². The maximum Gasteiger partial charge on any atom is 0.269 e. The third-order valence-electron chi connectivity index (χ3n) is 2.46. The number of non-ortho nitro benzene ring substituents is 1. The molecule has 0 amide bonds. The van der Waals surface area contributed by atoms with Crippen LogP contribution in [-0.4, -0.2) is 9.13 Å². The van der Waals surface area contributed by atoms with Gasteiger partial charge in [-0.15, -0.1) is 0 Å². The lowest BCUT2D eigenvalue weighted by atomic mass is 10.2. The van der Waals surface area contributed by atoms with Crippen molar-refractivity contribution in [3.05, 3.63) is 64.2 Å². The van der Waals surface area contributed by atoms with Crippen LogP contribution in [0.3, 0.4) is 0 Å². The normalized spacial score (nSPS) is 11.5. The molecule has 0 unspecified atom stereocenters. The van der Waals surface area contributed by atoms with Crippen LogP contribution in [0.25, 0.3) is 0 Å². The minimum Gasteiger partial charge on any atom is -0.258 e. The molecule has 94 valence electrons. The number of nitrogens with zero attached hydrogens (tertiary/aromatic N) is 2. The molecule has 0 bridgehead atoms. The van der Waals surface area contributed by atoms with Crippen molar-refractivity contribution >= 4 is 16.5 Å². The summed E-state index contributed by atoms with van der Waals surface area (Å²) in [5, 5.41) is 19.2. The van der Waals surface area contributed by atoms with Crippen LogP contribution < -0.4 is 0 Å². The lowest BCUT2D eigenvalue weighted by molar-refractivity contribution is -0.384. The molecule has 2 aromatic rings. The van der Waals surface area contributed by atoms with Crippen LogP contribution in [0.4, 0.5) is 5.69 Å². The summed E-state index contributed by atoms with van der Waals surface area (Å²) in [6.07, 6.45) is 0. The summed E-state index contributed by atoms with van der Waals surface area (Å²) in [4.78, 5) is 11.0. The van der Waals surface area contributed by atoms with Gasteiger partial charge in [0.2, 0.25) is 0 Å². The number of hydrogen-bond donors (Lipinski definition) is 0. The van der Waals surface area contributed by atoms with Crippen LogP contribution in [0.15, 0.2) is 58.3 Å². The summed E-state index contributed by atoms with van der Waals surface area (Å²) >= 11 is 0. The SMILES string of the molecule is N#Cc1ccc([S@@](=O)c2ccc([N+](=O)[O-])cc2)cc1. The van der Waals surface area contributed by atoms with Gasteiger partial charge in [-0.05, 0) is 36.4 Å². The molecule has 0 heterocycles. The molecule has 0 fully saturated rings. The predicted octanol–water partition coefficient (Wildman–Crippen LogP) is 2.63. The van der Waals surface area contributed by atoms with Crippen LogP contribution in [-0.2, 0) is 10.8 Å². The van der Waals surface area contributed by atoms with E-state index in [2.05, 4.69) is 0 Å². The Labute approximate surface area is 111 Å². The lowest BCUT2D eigenvalue weighted by Crippen LogP contribution is -1.94. The second-order valence-electron chi connectivity index (χ2n) is 3.66. The van der Waals surface area contributed by atoms with E-state index in [9.17, 15) is 14.3 Å². The highest BCUT2D eigenvalue weighted by Gasteiger charge is 2.10. The van der Waals surface area contributed by atoms with E-state index >= 15 is 0 Å². The number of nitro benzene ring substituents is 1. The van der Waals surface area contributed by atoms with E-state index in [0.29, 0.717) is 15.4 Å². The van der Waals surface area contributed by atoms with Crippen molar-refractivity contribution in [3.8, 4) is 6.07 Å². The first-order valence-corrected chi connectivity index (χ1v) is 6.43. The largest absolute Gasteiger partial charge is 0.269 e. The fourth-order valence-electron chi connectivity index (χ4n) is 1.48. The second-order valence-corrected chi connectivity index (χ2v) is 5.14. The molecular weight excluding hydrogens is 264 g/mol. The van der Waals surface area contributed by atoms with E-state index in [4.69, 9.17) is 5.26 Å². The van der Waals surface area contributed by atoms with Gasteiger partial charge in [0.05, 0.1) is 27.4 Å². The van der Waals surface area contributed by atoms with Crippen LogP contribution in [0.2, 0.25) is 0 Å². The average molecular weight is 272 g/mol. The van der Waals surface area contributed by atoms with Crippen molar-refractivity contribution < 1.29 is 9.13 Å². The zero-order valence-corrected chi connectivity index (χ0v) is 10.5. The zero-order chi connectivity index (χ0) is 13.8. The monoisotopic (exact) mass is 272 g/mol. The molecule has 0 spiro atoms. The Morgan fingerprint density at radius 2 is 1.47 bits per heavy atom. The topological polar surface area (TPSA) is 84.0 Å². The molecular formula is C13H8N2O3S. The van der Waals surface area contributed by atoms with Gasteiger partial charge >= 0.3 is 0 Å². The summed E-state index contributed by atoms with van der Waals surface area (Å²) < 4.78 is 12.2. The smallest absolute Gasteiger partial charge is 0.258 e.